The molecule has 0 amide bonds. The summed E-state index contributed by atoms with van der Waals surface area (Å²) in [6.07, 6.45) is 1.20. The zero-order valence-electron chi connectivity index (χ0n) is 21.4. The Morgan fingerprint density at radius 3 is 2.06 bits per heavy atom. The van der Waals surface area contributed by atoms with Gasteiger partial charge in [0.25, 0.3) is 0 Å². The molecule has 0 aliphatic heterocycles. The van der Waals surface area contributed by atoms with Crippen LogP contribution in [0.15, 0.2) is 60.7 Å². The molecule has 0 aromatic heterocycles. The first-order valence-electron chi connectivity index (χ1n) is 12.0. The second kappa shape index (κ2) is 12.7. The van der Waals surface area contributed by atoms with Gasteiger partial charge in [0.2, 0.25) is 0 Å². The van der Waals surface area contributed by atoms with Crippen LogP contribution in [0.2, 0.25) is 5.02 Å². The van der Waals surface area contributed by atoms with Crippen LogP contribution in [0.3, 0.4) is 0 Å². The van der Waals surface area contributed by atoms with Crippen molar-refractivity contribution in [3.05, 3.63) is 99.1 Å². The first-order valence-corrected chi connectivity index (χ1v) is 12.4. The maximum atomic E-state index is 11.5. The minimum absolute atomic E-state index is 0.0872. The molecule has 3 rings (SSSR count). The van der Waals surface area contributed by atoms with E-state index in [4.69, 9.17) is 22.1 Å². The zero-order valence-corrected chi connectivity index (χ0v) is 22.1. The van der Waals surface area contributed by atoms with Crippen molar-refractivity contribution in [1.82, 2.24) is 0 Å². The number of ketones is 1. The van der Waals surface area contributed by atoms with Gasteiger partial charge < -0.3 is 10.5 Å². The summed E-state index contributed by atoms with van der Waals surface area (Å²) >= 11 is 6.66. The van der Waals surface area contributed by atoms with Crippen LogP contribution < -0.4 is 10.5 Å². The Labute approximate surface area is 210 Å². The lowest BCUT2D eigenvalue weighted by Crippen LogP contribution is -2.19. The molecule has 0 radical (unpaired) electrons. The molecule has 3 nitrogen and oxygen atoms in total. The number of rotatable bonds is 9. The molecular formula is C30H38ClNO2. The standard InChI is InChI=1S/C28H32ClNO2.C2H6/c1-19-5-7-22(8-6-19)18-32-27-20(2)15-24(16-26(27)29)28(3,4)23-12-9-21(10-13-23)11-14-25(31)17-30;1-2/h5-10,12-13,15-16H,11,14,17-18,30H2,1-4H3;1-2H3. The van der Waals surface area contributed by atoms with Crippen molar-refractivity contribution in [1.29, 1.82) is 0 Å². The molecule has 4 heteroatoms. The molecular weight excluding hydrogens is 442 g/mol. The van der Waals surface area contributed by atoms with Crippen molar-refractivity contribution >= 4 is 17.4 Å². The Balaban J connectivity index is 0.00000199. The van der Waals surface area contributed by atoms with Gasteiger partial charge in [0.15, 0.2) is 0 Å². The van der Waals surface area contributed by atoms with E-state index in [-0.39, 0.29) is 17.7 Å². The number of hydrogen-bond acceptors (Lipinski definition) is 3. The Morgan fingerprint density at radius 1 is 0.912 bits per heavy atom. The van der Waals surface area contributed by atoms with Gasteiger partial charge >= 0.3 is 0 Å². The summed E-state index contributed by atoms with van der Waals surface area (Å²) in [5.74, 6) is 0.816. The van der Waals surface area contributed by atoms with Crippen molar-refractivity contribution in [2.45, 2.75) is 66.4 Å². The fourth-order valence-corrected chi connectivity index (χ4v) is 4.08. The molecule has 0 saturated carbocycles. The highest BCUT2D eigenvalue weighted by molar-refractivity contribution is 6.32. The van der Waals surface area contributed by atoms with Crippen LogP contribution in [0.1, 0.15) is 67.5 Å². The lowest BCUT2D eigenvalue weighted by molar-refractivity contribution is -0.117. The molecule has 0 heterocycles. The van der Waals surface area contributed by atoms with E-state index in [9.17, 15) is 4.79 Å². The topological polar surface area (TPSA) is 52.3 Å². The second-order valence-corrected chi connectivity index (χ2v) is 9.35. The summed E-state index contributed by atoms with van der Waals surface area (Å²) in [5, 5.41) is 0.622. The number of ether oxygens (including phenoxy) is 1. The molecule has 0 aliphatic carbocycles. The summed E-state index contributed by atoms with van der Waals surface area (Å²) in [7, 11) is 0. The van der Waals surface area contributed by atoms with E-state index in [1.807, 2.05) is 26.8 Å². The number of carbonyl (C=O) groups is 1. The molecule has 3 aromatic carbocycles. The maximum Gasteiger partial charge on any atom is 0.146 e. The average molecular weight is 480 g/mol. The van der Waals surface area contributed by atoms with Crippen LogP contribution in [0.25, 0.3) is 0 Å². The highest BCUT2D eigenvalue weighted by atomic mass is 35.5. The monoisotopic (exact) mass is 479 g/mol. The highest BCUT2D eigenvalue weighted by Crippen LogP contribution is 2.38. The quantitative estimate of drug-likeness (QED) is 0.349. The average Bonchev–Trinajstić information content (AvgIpc) is 2.84. The van der Waals surface area contributed by atoms with Gasteiger partial charge in [-0.25, -0.2) is 0 Å². The van der Waals surface area contributed by atoms with Crippen molar-refractivity contribution < 1.29 is 9.53 Å². The van der Waals surface area contributed by atoms with Crippen LogP contribution in [0.4, 0.5) is 0 Å². The van der Waals surface area contributed by atoms with Crippen LogP contribution in [-0.4, -0.2) is 12.3 Å². The molecule has 3 aromatic rings. The predicted octanol–water partition coefficient (Wildman–Crippen LogP) is 7.35. The minimum atomic E-state index is -0.227. The van der Waals surface area contributed by atoms with Gasteiger partial charge in [-0.3, -0.25) is 4.79 Å². The lowest BCUT2D eigenvalue weighted by atomic mass is 9.77. The van der Waals surface area contributed by atoms with E-state index in [0.29, 0.717) is 24.5 Å². The Hall–Kier alpha value is -2.62. The van der Waals surface area contributed by atoms with Gasteiger partial charge in [0, 0.05) is 11.8 Å². The predicted molar refractivity (Wildman–Crippen MR) is 144 cm³/mol. The third-order valence-corrected chi connectivity index (χ3v) is 6.33. The molecule has 0 atom stereocenters. The summed E-state index contributed by atoms with van der Waals surface area (Å²) in [6.45, 7) is 13.1. The van der Waals surface area contributed by atoms with E-state index >= 15 is 0 Å². The Morgan fingerprint density at radius 2 is 1.50 bits per heavy atom. The van der Waals surface area contributed by atoms with Gasteiger partial charge in [-0.1, -0.05) is 99.5 Å². The maximum absolute atomic E-state index is 11.5. The summed E-state index contributed by atoms with van der Waals surface area (Å²) in [5.41, 5.74) is 12.0. The van der Waals surface area contributed by atoms with E-state index < -0.39 is 0 Å². The number of aryl methyl sites for hydroxylation is 3. The largest absolute Gasteiger partial charge is 0.487 e. The van der Waals surface area contributed by atoms with Gasteiger partial charge in [-0.05, 0) is 54.2 Å². The smallest absolute Gasteiger partial charge is 0.146 e. The number of hydrogen-bond donors (Lipinski definition) is 1. The normalized spacial score (nSPS) is 10.9. The number of carbonyl (C=O) groups excluding carboxylic acids is 1. The van der Waals surface area contributed by atoms with Crippen molar-refractivity contribution in [2.75, 3.05) is 6.54 Å². The summed E-state index contributed by atoms with van der Waals surface area (Å²) in [4.78, 5) is 11.5. The fraction of sp³-hybridized carbons (Fsp3) is 0.367. The zero-order chi connectivity index (χ0) is 25.3. The third-order valence-electron chi connectivity index (χ3n) is 6.05. The van der Waals surface area contributed by atoms with Gasteiger partial charge in [0.05, 0.1) is 11.6 Å². The van der Waals surface area contributed by atoms with E-state index in [2.05, 4.69) is 75.4 Å². The lowest BCUT2D eigenvalue weighted by Gasteiger charge is -2.28. The Kier molecular flexibility index (Phi) is 10.3. The second-order valence-electron chi connectivity index (χ2n) is 8.94. The number of nitrogens with two attached hydrogens (primary N) is 1. The van der Waals surface area contributed by atoms with Crippen molar-refractivity contribution in [2.24, 2.45) is 5.73 Å². The fourth-order valence-electron chi connectivity index (χ4n) is 3.75. The van der Waals surface area contributed by atoms with Crippen LogP contribution in [0.5, 0.6) is 5.75 Å². The molecule has 0 unspecified atom stereocenters. The molecule has 0 bridgehead atoms. The molecule has 0 aliphatic rings. The first kappa shape index (κ1) is 27.6. The minimum Gasteiger partial charge on any atom is -0.487 e. The molecule has 34 heavy (non-hydrogen) atoms. The SMILES string of the molecule is CC.Cc1ccc(COc2c(C)cc(C(C)(C)c3ccc(CCC(=O)CN)cc3)cc2Cl)cc1. The number of benzene rings is 3. The Bertz CT molecular complexity index is 1050. The molecule has 2 N–H and O–H groups in total. The number of Topliss-reactive ketones (excluding diaryl/α,β-unsaturated/α-hetero) is 1. The van der Waals surface area contributed by atoms with Crippen molar-refractivity contribution in [3.8, 4) is 5.75 Å². The highest BCUT2D eigenvalue weighted by Gasteiger charge is 2.25. The van der Waals surface area contributed by atoms with Crippen LogP contribution in [-0.2, 0) is 23.2 Å². The van der Waals surface area contributed by atoms with Crippen LogP contribution >= 0.6 is 11.6 Å². The first-order chi connectivity index (χ1) is 16.2. The van der Waals surface area contributed by atoms with E-state index in [0.717, 1.165) is 28.0 Å². The van der Waals surface area contributed by atoms with E-state index in [1.54, 1.807) is 0 Å². The number of halogens is 1. The van der Waals surface area contributed by atoms with Gasteiger partial charge in [-0.2, -0.15) is 0 Å². The molecule has 182 valence electrons. The van der Waals surface area contributed by atoms with Gasteiger partial charge in [0.1, 0.15) is 18.1 Å². The molecule has 0 fully saturated rings. The van der Waals surface area contributed by atoms with Crippen LogP contribution in [0, 0.1) is 13.8 Å². The third kappa shape index (κ3) is 7.19. The van der Waals surface area contributed by atoms with Gasteiger partial charge in [-0.15, -0.1) is 0 Å². The van der Waals surface area contributed by atoms with E-state index in [1.165, 1.54) is 11.1 Å². The molecule has 0 saturated heterocycles. The summed E-state index contributed by atoms with van der Waals surface area (Å²) < 4.78 is 6.07. The molecule has 0 spiro atoms. The van der Waals surface area contributed by atoms with Crippen molar-refractivity contribution in [3.63, 3.8) is 0 Å². The summed E-state index contributed by atoms with van der Waals surface area (Å²) in [6, 6.07) is 20.9.